The summed E-state index contributed by atoms with van der Waals surface area (Å²) in [6.07, 6.45) is 1.89. The van der Waals surface area contributed by atoms with Crippen LogP contribution in [0.15, 0.2) is 41.3 Å². The standard InChI is InChI=1S/C14H17NOS/c1-11(2)17-10-9-15-8-7-12-5-3-4-6-13(12)14(15)16/h3-8,11H,9-10H2,1-2H3. The van der Waals surface area contributed by atoms with Crippen LogP contribution >= 0.6 is 11.8 Å². The van der Waals surface area contributed by atoms with Gasteiger partial charge in [-0.25, -0.2) is 0 Å². The molecule has 0 saturated heterocycles. The normalized spacial score (nSPS) is 11.2. The van der Waals surface area contributed by atoms with E-state index in [9.17, 15) is 4.79 Å². The maximum Gasteiger partial charge on any atom is 0.258 e. The summed E-state index contributed by atoms with van der Waals surface area (Å²) in [5.41, 5.74) is 0.118. The van der Waals surface area contributed by atoms with Crippen LogP contribution in [-0.4, -0.2) is 15.6 Å². The van der Waals surface area contributed by atoms with E-state index in [1.54, 1.807) is 4.57 Å². The van der Waals surface area contributed by atoms with E-state index in [1.807, 2.05) is 48.3 Å². The van der Waals surface area contributed by atoms with E-state index >= 15 is 0 Å². The summed E-state index contributed by atoms with van der Waals surface area (Å²) in [5.74, 6) is 0.982. The van der Waals surface area contributed by atoms with Gasteiger partial charge in [-0.05, 0) is 22.8 Å². The number of hydrogen-bond acceptors (Lipinski definition) is 2. The van der Waals surface area contributed by atoms with Gasteiger partial charge in [0, 0.05) is 23.9 Å². The van der Waals surface area contributed by atoms with Crippen LogP contribution < -0.4 is 5.56 Å². The number of fused-ring (bicyclic) bond motifs is 1. The molecule has 1 aromatic carbocycles. The van der Waals surface area contributed by atoms with Gasteiger partial charge in [0.25, 0.3) is 5.56 Å². The Labute approximate surface area is 106 Å². The molecule has 0 fully saturated rings. The summed E-state index contributed by atoms with van der Waals surface area (Å²) >= 11 is 1.88. The molecule has 1 aromatic heterocycles. The molecule has 0 aliphatic rings. The Kier molecular flexibility index (Phi) is 3.89. The lowest BCUT2D eigenvalue weighted by Crippen LogP contribution is -2.20. The third-order valence-corrected chi connectivity index (χ3v) is 3.75. The summed E-state index contributed by atoms with van der Waals surface area (Å²) < 4.78 is 1.80. The molecular weight excluding hydrogens is 230 g/mol. The molecule has 0 bridgehead atoms. The molecule has 0 spiro atoms. The van der Waals surface area contributed by atoms with Gasteiger partial charge in [-0.15, -0.1) is 0 Å². The van der Waals surface area contributed by atoms with Crippen LogP contribution in [0.25, 0.3) is 10.8 Å². The highest BCUT2D eigenvalue weighted by molar-refractivity contribution is 7.99. The first-order chi connectivity index (χ1) is 8.18. The average molecular weight is 247 g/mol. The molecule has 0 amide bonds. The lowest BCUT2D eigenvalue weighted by molar-refractivity contribution is 0.742. The Morgan fingerprint density at radius 3 is 2.76 bits per heavy atom. The molecule has 0 radical (unpaired) electrons. The van der Waals surface area contributed by atoms with Gasteiger partial charge in [0.1, 0.15) is 0 Å². The highest BCUT2D eigenvalue weighted by atomic mass is 32.2. The summed E-state index contributed by atoms with van der Waals surface area (Å²) in [6.45, 7) is 5.13. The zero-order valence-electron chi connectivity index (χ0n) is 10.2. The Morgan fingerprint density at radius 1 is 1.24 bits per heavy atom. The van der Waals surface area contributed by atoms with Gasteiger partial charge in [0.15, 0.2) is 0 Å². The lowest BCUT2D eigenvalue weighted by atomic mass is 10.2. The maximum atomic E-state index is 12.2. The predicted octanol–water partition coefficient (Wildman–Crippen LogP) is 3.14. The molecule has 1 heterocycles. The Morgan fingerprint density at radius 2 is 2.00 bits per heavy atom. The van der Waals surface area contributed by atoms with Gasteiger partial charge in [-0.3, -0.25) is 4.79 Å². The Hall–Kier alpha value is -1.22. The molecule has 2 rings (SSSR count). The van der Waals surface area contributed by atoms with E-state index in [2.05, 4.69) is 13.8 Å². The van der Waals surface area contributed by atoms with Crippen LogP contribution in [0.5, 0.6) is 0 Å². The second-order valence-corrected chi connectivity index (χ2v) is 6.01. The molecule has 0 N–H and O–H groups in total. The first kappa shape index (κ1) is 12.2. The van der Waals surface area contributed by atoms with Crippen molar-refractivity contribution in [1.29, 1.82) is 0 Å². The highest BCUT2D eigenvalue weighted by Crippen LogP contribution is 2.11. The van der Waals surface area contributed by atoms with Gasteiger partial charge < -0.3 is 4.57 Å². The minimum absolute atomic E-state index is 0.118. The number of thioether (sulfide) groups is 1. The molecule has 2 nitrogen and oxygen atoms in total. The van der Waals surface area contributed by atoms with E-state index in [4.69, 9.17) is 0 Å². The van der Waals surface area contributed by atoms with Gasteiger partial charge >= 0.3 is 0 Å². The minimum Gasteiger partial charge on any atom is -0.314 e. The van der Waals surface area contributed by atoms with Gasteiger partial charge in [-0.2, -0.15) is 11.8 Å². The second kappa shape index (κ2) is 5.41. The fraction of sp³-hybridized carbons (Fsp3) is 0.357. The minimum atomic E-state index is 0.118. The number of pyridine rings is 1. The topological polar surface area (TPSA) is 22.0 Å². The molecule has 0 atom stereocenters. The fourth-order valence-corrected chi connectivity index (χ4v) is 2.57. The second-order valence-electron chi connectivity index (χ2n) is 4.32. The smallest absolute Gasteiger partial charge is 0.258 e. The number of aromatic nitrogens is 1. The average Bonchev–Trinajstić information content (AvgIpc) is 2.32. The quantitative estimate of drug-likeness (QED) is 0.828. The van der Waals surface area contributed by atoms with E-state index in [1.165, 1.54) is 0 Å². The van der Waals surface area contributed by atoms with E-state index < -0.39 is 0 Å². The Bertz CT molecular complexity index is 559. The molecule has 0 aliphatic carbocycles. The number of nitrogens with zero attached hydrogens (tertiary/aromatic N) is 1. The predicted molar refractivity (Wildman–Crippen MR) is 75.8 cm³/mol. The van der Waals surface area contributed by atoms with Crippen molar-refractivity contribution in [3.63, 3.8) is 0 Å². The highest BCUT2D eigenvalue weighted by Gasteiger charge is 2.02. The van der Waals surface area contributed by atoms with E-state index in [-0.39, 0.29) is 5.56 Å². The summed E-state index contributed by atoms with van der Waals surface area (Å²) in [5, 5.41) is 2.45. The van der Waals surface area contributed by atoms with Crippen molar-refractivity contribution in [2.45, 2.75) is 25.6 Å². The van der Waals surface area contributed by atoms with Gasteiger partial charge in [0.05, 0.1) is 0 Å². The zero-order chi connectivity index (χ0) is 12.3. The number of hydrogen-bond donors (Lipinski definition) is 0. The maximum absolute atomic E-state index is 12.2. The molecule has 90 valence electrons. The van der Waals surface area contributed by atoms with Crippen molar-refractivity contribution in [1.82, 2.24) is 4.57 Å². The van der Waals surface area contributed by atoms with Crippen LogP contribution in [0.4, 0.5) is 0 Å². The monoisotopic (exact) mass is 247 g/mol. The third-order valence-electron chi connectivity index (χ3n) is 2.67. The number of aryl methyl sites for hydroxylation is 1. The van der Waals surface area contributed by atoms with Crippen LogP contribution in [0.1, 0.15) is 13.8 Å². The number of rotatable bonds is 4. The molecule has 3 heteroatoms. The van der Waals surface area contributed by atoms with Crippen molar-refractivity contribution in [3.8, 4) is 0 Å². The molecule has 2 aromatic rings. The summed E-state index contributed by atoms with van der Waals surface area (Å²) in [7, 11) is 0. The van der Waals surface area contributed by atoms with Crippen LogP contribution in [0, 0.1) is 0 Å². The number of benzene rings is 1. The Balaban J connectivity index is 2.24. The van der Waals surface area contributed by atoms with Crippen LogP contribution in [0.3, 0.4) is 0 Å². The van der Waals surface area contributed by atoms with Crippen LogP contribution in [-0.2, 0) is 6.54 Å². The summed E-state index contributed by atoms with van der Waals surface area (Å²) in [4.78, 5) is 12.2. The first-order valence-corrected chi connectivity index (χ1v) is 6.93. The van der Waals surface area contributed by atoms with Gasteiger partial charge in [-0.1, -0.05) is 32.0 Å². The third kappa shape index (κ3) is 2.91. The first-order valence-electron chi connectivity index (χ1n) is 5.88. The molecule has 0 aliphatic heterocycles. The zero-order valence-corrected chi connectivity index (χ0v) is 11.0. The van der Waals surface area contributed by atoms with E-state index in [0.717, 1.165) is 23.1 Å². The largest absolute Gasteiger partial charge is 0.314 e. The van der Waals surface area contributed by atoms with Crippen molar-refractivity contribution in [2.24, 2.45) is 0 Å². The van der Waals surface area contributed by atoms with Crippen LogP contribution in [0.2, 0.25) is 0 Å². The molecular formula is C14H17NOS. The molecule has 0 saturated carbocycles. The van der Waals surface area contributed by atoms with Crippen molar-refractivity contribution in [2.75, 3.05) is 5.75 Å². The summed E-state index contributed by atoms with van der Waals surface area (Å²) in [6, 6.07) is 9.75. The van der Waals surface area contributed by atoms with E-state index in [0.29, 0.717) is 5.25 Å². The van der Waals surface area contributed by atoms with Crippen molar-refractivity contribution < 1.29 is 0 Å². The molecule has 0 unspecified atom stereocenters. The molecule has 17 heavy (non-hydrogen) atoms. The van der Waals surface area contributed by atoms with Crippen molar-refractivity contribution in [3.05, 3.63) is 46.9 Å². The fourth-order valence-electron chi connectivity index (χ4n) is 1.79. The van der Waals surface area contributed by atoms with Crippen molar-refractivity contribution >= 4 is 22.5 Å². The SMILES string of the molecule is CC(C)SCCn1ccc2ccccc2c1=O. The van der Waals surface area contributed by atoms with Gasteiger partial charge in [0.2, 0.25) is 0 Å². The lowest BCUT2D eigenvalue weighted by Gasteiger charge is -2.08.